The first-order chi connectivity index (χ1) is 29.3. The van der Waals surface area contributed by atoms with E-state index in [9.17, 15) is 0 Å². The second-order valence-electron chi connectivity index (χ2n) is 14.6. The van der Waals surface area contributed by atoms with Crippen molar-refractivity contribution in [3.63, 3.8) is 0 Å². The fourth-order valence-corrected chi connectivity index (χ4v) is 9.55. The molecule has 0 aliphatic heterocycles. The number of benzene rings is 9. The van der Waals surface area contributed by atoms with Crippen LogP contribution in [0.15, 0.2) is 229 Å². The number of thiophene rings is 1. The van der Waals surface area contributed by atoms with Crippen LogP contribution in [0.25, 0.3) is 42.1 Å². The lowest BCUT2D eigenvalue weighted by Crippen LogP contribution is -2.13. The van der Waals surface area contributed by atoms with Gasteiger partial charge in [-0.2, -0.15) is 0 Å². The molecule has 0 saturated heterocycles. The number of para-hydroxylation sites is 6. The van der Waals surface area contributed by atoms with Crippen LogP contribution in [0.1, 0.15) is 0 Å². The lowest BCUT2D eigenvalue weighted by molar-refractivity contribution is 0.669. The number of nitrogens with zero attached hydrogens (tertiary/aromatic N) is 3. The molecule has 0 amide bonds. The van der Waals surface area contributed by atoms with Crippen molar-refractivity contribution in [3.8, 4) is 0 Å². The van der Waals surface area contributed by atoms with E-state index in [0.717, 1.165) is 73.1 Å². The van der Waals surface area contributed by atoms with Crippen LogP contribution in [0, 0.1) is 0 Å². The molecule has 4 nitrogen and oxygen atoms in total. The Morgan fingerprint density at radius 1 is 0.288 bits per heavy atom. The second kappa shape index (κ2) is 14.7. The third kappa shape index (κ3) is 6.25. The zero-order chi connectivity index (χ0) is 39.1. The molecule has 11 rings (SSSR count). The Morgan fingerprint density at radius 2 is 0.729 bits per heavy atom. The maximum atomic E-state index is 6.32. The van der Waals surface area contributed by atoms with Crippen molar-refractivity contribution >= 4 is 105 Å². The summed E-state index contributed by atoms with van der Waals surface area (Å²) in [6.45, 7) is 0. The maximum absolute atomic E-state index is 6.32. The highest BCUT2D eigenvalue weighted by Gasteiger charge is 2.24. The average molecular weight is 776 g/mol. The Balaban J connectivity index is 1.19. The molecule has 0 unspecified atom stereocenters. The number of fused-ring (bicyclic) bond motifs is 6. The molecular weight excluding hydrogens is 739 g/mol. The predicted octanol–water partition coefficient (Wildman–Crippen LogP) is 16.4. The molecule has 2 aromatic heterocycles. The first-order valence-electron chi connectivity index (χ1n) is 19.8. The zero-order valence-corrected chi connectivity index (χ0v) is 32.8. The number of rotatable bonds is 9. The van der Waals surface area contributed by atoms with Crippen LogP contribution in [0.5, 0.6) is 0 Å². The summed E-state index contributed by atoms with van der Waals surface area (Å²) < 4.78 is 8.74. The molecule has 0 radical (unpaired) electrons. The molecule has 0 saturated carbocycles. The van der Waals surface area contributed by atoms with Gasteiger partial charge in [-0.05, 0) is 109 Å². The van der Waals surface area contributed by atoms with Gasteiger partial charge in [-0.25, -0.2) is 0 Å². The first-order valence-corrected chi connectivity index (χ1v) is 20.7. The van der Waals surface area contributed by atoms with E-state index in [4.69, 9.17) is 4.42 Å². The van der Waals surface area contributed by atoms with E-state index in [2.05, 4.69) is 227 Å². The van der Waals surface area contributed by atoms with Gasteiger partial charge in [0.2, 0.25) is 0 Å². The minimum atomic E-state index is 0.872. The Morgan fingerprint density at radius 3 is 1.31 bits per heavy atom. The Bertz CT molecular complexity index is 3140. The molecule has 5 heteroatoms. The maximum Gasteiger partial charge on any atom is 0.135 e. The smallest absolute Gasteiger partial charge is 0.135 e. The van der Waals surface area contributed by atoms with Gasteiger partial charge in [0.25, 0.3) is 0 Å². The summed E-state index contributed by atoms with van der Waals surface area (Å²) in [4.78, 5) is 7.12. The van der Waals surface area contributed by atoms with E-state index in [1.165, 1.54) is 20.2 Å². The molecule has 11 aromatic rings. The third-order valence-corrected chi connectivity index (χ3v) is 12.2. The van der Waals surface area contributed by atoms with Crippen molar-refractivity contribution < 1.29 is 4.42 Å². The van der Waals surface area contributed by atoms with E-state index in [1.54, 1.807) is 0 Å². The molecule has 0 spiro atoms. The van der Waals surface area contributed by atoms with Crippen LogP contribution in [0.4, 0.5) is 51.2 Å². The largest absolute Gasteiger partial charge is 0.456 e. The Kier molecular flexibility index (Phi) is 8.64. The molecule has 0 aliphatic carbocycles. The van der Waals surface area contributed by atoms with Gasteiger partial charge in [-0.3, -0.25) is 0 Å². The van der Waals surface area contributed by atoms with Crippen molar-refractivity contribution in [2.75, 3.05) is 14.7 Å². The summed E-state index contributed by atoms with van der Waals surface area (Å²) in [6.07, 6.45) is 0. The molecule has 280 valence electrons. The van der Waals surface area contributed by atoms with Crippen molar-refractivity contribution in [2.45, 2.75) is 0 Å². The van der Waals surface area contributed by atoms with Crippen LogP contribution in [0.3, 0.4) is 0 Å². The molecule has 0 atom stereocenters. The number of hydrogen-bond acceptors (Lipinski definition) is 5. The lowest BCUT2D eigenvalue weighted by atomic mass is 10.1. The van der Waals surface area contributed by atoms with Crippen LogP contribution in [-0.4, -0.2) is 0 Å². The highest BCUT2D eigenvalue weighted by molar-refractivity contribution is 7.26. The Labute approximate surface area is 346 Å². The van der Waals surface area contributed by atoms with Gasteiger partial charge in [0.05, 0.1) is 10.4 Å². The number of anilines is 9. The van der Waals surface area contributed by atoms with Gasteiger partial charge in [0, 0.05) is 71.7 Å². The molecule has 59 heavy (non-hydrogen) atoms. The van der Waals surface area contributed by atoms with E-state index >= 15 is 0 Å². The van der Waals surface area contributed by atoms with E-state index in [-0.39, 0.29) is 0 Å². The molecule has 9 aromatic carbocycles. The van der Waals surface area contributed by atoms with Crippen LogP contribution >= 0.6 is 11.3 Å². The second-order valence-corrected chi connectivity index (χ2v) is 15.6. The Hall–Kier alpha value is -7.60. The standard InChI is InChI=1S/C54H37N3OS/c1-6-18-38(19-7-1)55(39-20-8-2-9-21-39)44-30-32-47-49-35-45(56(40-22-10-3-11-23-40)41-24-12-4-13-25-41)36-50(54(49)59-53(47)37-44)57(42-26-14-5-15-27-42)43-31-33-52-48(34-43)46-28-16-17-29-51(46)58-52/h1-37H. The van der Waals surface area contributed by atoms with Crippen LogP contribution in [-0.2, 0) is 0 Å². The fraction of sp³-hybridized carbons (Fsp3) is 0. The normalized spacial score (nSPS) is 11.4. The molecule has 2 heterocycles. The SMILES string of the molecule is c1ccc(N(c2ccccc2)c2ccc3c(c2)sc2c(N(c4ccccc4)c4ccc5oc6ccccc6c5c4)cc(N(c4ccccc4)c4ccccc4)cc23)cc1. The monoisotopic (exact) mass is 775 g/mol. The summed E-state index contributed by atoms with van der Waals surface area (Å²) in [5.74, 6) is 0. The molecular formula is C54H37N3OS. The van der Waals surface area contributed by atoms with Crippen LogP contribution < -0.4 is 14.7 Å². The molecule has 0 fully saturated rings. The van der Waals surface area contributed by atoms with Gasteiger partial charge in [0.1, 0.15) is 11.2 Å². The lowest BCUT2D eigenvalue weighted by Gasteiger charge is -2.30. The third-order valence-electron chi connectivity index (χ3n) is 11.0. The first kappa shape index (κ1) is 34.6. The highest BCUT2D eigenvalue weighted by atomic mass is 32.1. The van der Waals surface area contributed by atoms with Crippen molar-refractivity contribution in [3.05, 3.63) is 224 Å². The summed E-state index contributed by atoms with van der Waals surface area (Å²) in [5, 5.41) is 4.60. The van der Waals surface area contributed by atoms with Gasteiger partial charge in [-0.15, -0.1) is 11.3 Å². The summed E-state index contributed by atoms with van der Waals surface area (Å²) in [5.41, 5.74) is 11.6. The minimum absolute atomic E-state index is 0.872. The van der Waals surface area contributed by atoms with Gasteiger partial charge in [-0.1, -0.05) is 115 Å². The van der Waals surface area contributed by atoms with E-state index in [1.807, 2.05) is 23.5 Å². The van der Waals surface area contributed by atoms with E-state index in [0.29, 0.717) is 0 Å². The van der Waals surface area contributed by atoms with Gasteiger partial charge >= 0.3 is 0 Å². The highest BCUT2D eigenvalue weighted by Crippen LogP contribution is 2.50. The average Bonchev–Trinajstić information content (AvgIpc) is 3.86. The quantitative estimate of drug-likeness (QED) is 0.146. The molecule has 0 N–H and O–H groups in total. The molecule has 0 aliphatic rings. The number of hydrogen-bond donors (Lipinski definition) is 0. The number of furan rings is 1. The van der Waals surface area contributed by atoms with E-state index < -0.39 is 0 Å². The molecule has 0 bridgehead atoms. The topological polar surface area (TPSA) is 22.9 Å². The van der Waals surface area contributed by atoms with Gasteiger partial charge in [0.15, 0.2) is 0 Å². The van der Waals surface area contributed by atoms with Crippen LogP contribution in [0.2, 0.25) is 0 Å². The fourth-order valence-electron chi connectivity index (χ4n) is 8.33. The van der Waals surface area contributed by atoms with Gasteiger partial charge < -0.3 is 19.1 Å². The van der Waals surface area contributed by atoms with Crippen molar-refractivity contribution in [1.82, 2.24) is 0 Å². The summed E-state index contributed by atoms with van der Waals surface area (Å²) in [7, 11) is 0. The minimum Gasteiger partial charge on any atom is -0.456 e. The zero-order valence-electron chi connectivity index (χ0n) is 32.0. The predicted molar refractivity (Wildman–Crippen MR) is 251 cm³/mol. The summed E-state index contributed by atoms with van der Waals surface area (Å²) >= 11 is 1.84. The van der Waals surface area contributed by atoms with Crippen molar-refractivity contribution in [1.29, 1.82) is 0 Å². The van der Waals surface area contributed by atoms with Crippen molar-refractivity contribution in [2.24, 2.45) is 0 Å². The summed E-state index contributed by atoms with van der Waals surface area (Å²) in [6, 6.07) is 79.8.